The number of carboxylic acid groups (broad SMARTS) is 1. The molecule has 1 atom stereocenters. The summed E-state index contributed by atoms with van der Waals surface area (Å²) in [5.74, 6) is 0.887. The van der Waals surface area contributed by atoms with Gasteiger partial charge >= 0.3 is 5.97 Å². The van der Waals surface area contributed by atoms with Gasteiger partial charge in [0.05, 0.1) is 0 Å². The van der Waals surface area contributed by atoms with Crippen LogP contribution in [0, 0.1) is 0 Å². The highest BCUT2D eigenvalue weighted by molar-refractivity contribution is 8.10. The lowest BCUT2D eigenvalue weighted by Crippen LogP contribution is -2.24. The highest BCUT2D eigenvalue weighted by Gasteiger charge is 2.51. The Bertz CT molecular complexity index is 131. The third-order valence-electron chi connectivity index (χ3n) is 1.26. The molecule has 1 fully saturated rings. The molecule has 1 aliphatic rings. The minimum absolute atomic E-state index is 0.403. The standard InChI is InChI=1S/C5H8O2S2/c1-8-2-5(3-9-5)4(6)7/h2-3H2,1H3,(H,6,7). The van der Waals surface area contributed by atoms with Gasteiger partial charge in [-0.2, -0.15) is 11.8 Å². The average Bonchev–Trinajstić information content (AvgIpc) is 2.49. The van der Waals surface area contributed by atoms with Gasteiger partial charge in [-0.15, -0.1) is 11.8 Å². The Labute approximate surface area is 62.4 Å². The Kier molecular flexibility index (Phi) is 1.96. The molecule has 0 radical (unpaired) electrons. The summed E-state index contributed by atoms with van der Waals surface area (Å²) >= 11 is 3.13. The maximum atomic E-state index is 10.4. The lowest BCUT2D eigenvalue weighted by atomic mass is 10.2. The summed E-state index contributed by atoms with van der Waals surface area (Å²) in [5.41, 5.74) is 0. The van der Waals surface area contributed by atoms with E-state index >= 15 is 0 Å². The molecular weight excluding hydrogens is 156 g/mol. The van der Waals surface area contributed by atoms with E-state index in [9.17, 15) is 4.79 Å². The largest absolute Gasteiger partial charge is 0.480 e. The summed E-state index contributed by atoms with van der Waals surface area (Å²) < 4.78 is -0.403. The first-order valence-corrected chi connectivity index (χ1v) is 4.95. The highest BCUT2D eigenvalue weighted by Crippen LogP contribution is 2.46. The Hall–Kier alpha value is 0.170. The lowest BCUT2D eigenvalue weighted by molar-refractivity contribution is -0.137. The Balaban J connectivity index is 2.43. The molecule has 0 aromatic rings. The molecule has 9 heavy (non-hydrogen) atoms. The van der Waals surface area contributed by atoms with E-state index < -0.39 is 10.7 Å². The summed E-state index contributed by atoms with van der Waals surface area (Å²) in [6, 6.07) is 0. The molecule has 1 heterocycles. The van der Waals surface area contributed by atoms with E-state index in [0.29, 0.717) is 0 Å². The summed E-state index contributed by atoms with van der Waals surface area (Å²) in [7, 11) is 0. The van der Waals surface area contributed by atoms with Crippen molar-refractivity contribution in [3.63, 3.8) is 0 Å². The van der Waals surface area contributed by atoms with Crippen molar-refractivity contribution in [2.45, 2.75) is 4.75 Å². The fourth-order valence-corrected chi connectivity index (χ4v) is 2.62. The molecule has 1 rings (SSSR count). The summed E-state index contributed by atoms with van der Waals surface area (Å²) in [6.45, 7) is 0. The first-order valence-electron chi connectivity index (χ1n) is 2.57. The van der Waals surface area contributed by atoms with Crippen LogP contribution in [0.25, 0.3) is 0 Å². The van der Waals surface area contributed by atoms with Gasteiger partial charge in [0.15, 0.2) is 0 Å². The maximum absolute atomic E-state index is 10.4. The van der Waals surface area contributed by atoms with Crippen molar-refractivity contribution in [3.8, 4) is 0 Å². The average molecular weight is 164 g/mol. The SMILES string of the molecule is CSCC1(C(=O)O)CS1. The summed E-state index contributed by atoms with van der Waals surface area (Å²) in [6.07, 6.45) is 1.93. The molecule has 1 aliphatic heterocycles. The first-order chi connectivity index (χ1) is 4.21. The van der Waals surface area contributed by atoms with Gasteiger partial charge in [-0.1, -0.05) is 0 Å². The predicted octanol–water partition coefficient (Wildman–Crippen LogP) is 0.920. The van der Waals surface area contributed by atoms with Crippen LogP contribution in [-0.4, -0.2) is 33.6 Å². The number of aliphatic carboxylic acids is 1. The minimum Gasteiger partial charge on any atom is -0.480 e. The van der Waals surface area contributed by atoms with Gasteiger partial charge in [0, 0.05) is 11.5 Å². The second-order valence-corrected chi connectivity index (χ2v) is 4.25. The molecule has 0 aromatic carbocycles. The molecule has 1 saturated heterocycles. The third kappa shape index (κ3) is 1.35. The third-order valence-corrected chi connectivity index (χ3v) is 3.53. The molecule has 1 N–H and O–H groups in total. The number of carbonyl (C=O) groups is 1. The molecule has 0 bridgehead atoms. The van der Waals surface area contributed by atoms with Crippen LogP contribution in [0.5, 0.6) is 0 Å². The second-order valence-electron chi connectivity index (χ2n) is 2.02. The Morgan fingerprint density at radius 3 is 2.67 bits per heavy atom. The topological polar surface area (TPSA) is 37.3 Å². The number of rotatable bonds is 3. The Morgan fingerprint density at radius 2 is 2.56 bits per heavy atom. The molecule has 0 spiro atoms. The van der Waals surface area contributed by atoms with Crippen LogP contribution in [0.15, 0.2) is 0 Å². The van der Waals surface area contributed by atoms with Gasteiger partial charge in [0.1, 0.15) is 4.75 Å². The van der Waals surface area contributed by atoms with Gasteiger partial charge in [-0.05, 0) is 6.26 Å². The number of thioether (sulfide) groups is 2. The lowest BCUT2D eigenvalue weighted by Gasteiger charge is -2.02. The smallest absolute Gasteiger partial charge is 0.321 e. The van der Waals surface area contributed by atoms with Crippen molar-refractivity contribution >= 4 is 29.5 Å². The predicted molar refractivity (Wildman–Crippen MR) is 41.2 cm³/mol. The Morgan fingerprint density at radius 1 is 2.00 bits per heavy atom. The van der Waals surface area contributed by atoms with Crippen LogP contribution < -0.4 is 0 Å². The van der Waals surface area contributed by atoms with Gasteiger partial charge in [0.2, 0.25) is 0 Å². The van der Waals surface area contributed by atoms with Crippen LogP contribution in [0.4, 0.5) is 0 Å². The zero-order chi connectivity index (χ0) is 6.91. The zero-order valence-electron chi connectivity index (χ0n) is 5.09. The van der Waals surface area contributed by atoms with Crippen molar-refractivity contribution in [3.05, 3.63) is 0 Å². The number of hydrogen-bond acceptors (Lipinski definition) is 3. The molecule has 52 valence electrons. The molecule has 2 nitrogen and oxygen atoms in total. The zero-order valence-corrected chi connectivity index (χ0v) is 6.72. The van der Waals surface area contributed by atoms with E-state index in [1.807, 2.05) is 6.26 Å². The molecule has 0 amide bonds. The fraction of sp³-hybridized carbons (Fsp3) is 0.800. The van der Waals surface area contributed by atoms with E-state index in [2.05, 4.69) is 0 Å². The monoisotopic (exact) mass is 164 g/mol. The molecule has 0 aliphatic carbocycles. The molecule has 1 unspecified atom stereocenters. The van der Waals surface area contributed by atoms with Gasteiger partial charge < -0.3 is 5.11 Å². The summed E-state index contributed by atoms with van der Waals surface area (Å²) in [4.78, 5) is 10.4. The van der Waals surface area contributed by atoms with Crippen LogP contribution >= 0.6 is 23.5 Å². The van der Waals surface area contributed by atoms with Crippen LogP contribution in [0.2, 0.25) is 0 Å². The van der Waals surface area contributed by atoms with Crippen molar-refractivity contribution in [1.29, 1.82) is 0 Å². The fourth-order valence-electron chi connectivity index (χ4n) is 0.589. The number of hydrogen-bond donors (Lipinski definition) is 1. The van der Waals surface area contributed by atoms with Gasteiger partial charge in [-0.25, -0.2) is 0 Å². The normalized spacial score (nSPS) is 32.1. The quantitative estimate of drug-likeness (QED) is 0.629. The van der Waals surface area contributed by atoms with E-state index in [1.54, 1.807) is 11.8 Å². The van der Waals surface area contributed by atoms with Crippen molar-refractivity contribution < 1.29 is 9.90 Å². The van der Waals surface area contributed by atoms with Crippen LogP contribution in [0.3, 0.4) is 0 Å². The van der Waals surface area contributed by atoms with Gasteiger partial charge in [-0.3, -0.25) is 4.79 Å². The van der Waals surface area contributed by atoms with Crippen LogP contribution in [0.1, 0.15) is 0 Å². The number of carboxylic acids is 1. The molecular formula is C5H8O2S2. The van der Waals surface area contributed by atoms with E-state index in [-0.39, 0.29) is 0 Å². The second kappa shape index (κ2) is 2.42. The summed E-state index contributed by atoms with van der Waals surface area (Å²) in [5, 5.41) is 8.60. The van der Waals surface area contributed by atoms with Crippen molar-refractivity contribution in [2.24, 2.45) is 0 Å². The van der Waals surface area contributed by atoms with E-state index in [0.717, 1.165) is 11.5 Å². The molecule has 0 saturated carbocycles. The van der Waals surface area contributed by atoms with Crippen molar-refractivity contribution in [1.82, 2.24) is 0 Å². The maximum Gasteiger partial charge on any atom is 0.321 e. The highest BCUT2D eigenvalue weighted by atomic mass is 32.2. The van der Waals surface area contributed by atoms with Crippen LogP contribution in [-0.2, 0) is 4.79 Å². The van der Waals surface area contributed by atoms with E-state index in [1.165, 1.54) is 11.8 Å². The van der Waals surface area contributed by atoms with Crippen molar-refractivity contribution in [2.75, 3.05) is 17.8 Å². The molecule has 0 aromatic heterocycles. The van der Waals surface area contributed by atoms with Gasteiger partial charge in [0.25, 0.3) is 0 Å². The first kappa shape index (κ1) is 7.28. The molecule has 4 heteroatoms. The van der Waals surface area contributed by atoms with E-state index in [4.69, 9.17) is 5.11 Å². The minimum atomic E-state index is -0.651.